The number of amides is 1. The molecule has 1 aromatic rings. The number of nitrogens with zero attached hydrogens (tertiary/aromatic N) is 1. The highest BCUT2D eigenvalue weighted by Gasteiger charge is 2.46. The van der Waals surface area contributed by atoms with Crippen molar-refractivity contribution in [3.8, 4) is 0 Å². The lowest BCUT2D eigenvalue weighted by atomic mass is 10.0. The minimum atomic E-state index is -3.17. The van der Waals surface area contributed by atoms with Crippen molar-refractivity contribution in [3.63, 3.8) is 0 Å². The third kappa shape index (κ3) is 3.04. The number of sulfonamides is 1. The fourth-order valence-electron chi connectivity index (χ4n) is 2.21. The molecule has 1 aliphatic carbocycles. The van der Waals surface area contributed by atoms with E-state index in [1.807, 2.05) is 0 Å². The molecule has 5 nitrogen and oxygen atoms in total. The highest BCUT2D eigenvalue weighted by atomic mass is 35.5. The van der Waals surface area contributed by atoms with E-state index in [4.69, 9.17) is 23.2 Å². The number of hydrogen-bond donors (Lipinski definition) is 1. The summed E-state index contributed by atoms with van der Waals surface area (Å²) >= 11 is 11.8. The number of carbonyl (C=O) groups excluding carboxylic acids is 1. The molecule has 0 bridgehead atoms. The quantitative estimate of drug-likeness (QED) is 0.908. The molecule has 114 valence electrons. The van der Waals surface area contributed by atoms with Crippen LogP contribution in [0, 0.1) is 5.92 Å². The highest BCUT2D eigenvalue weighted by molar-refractivity contribution is 7.90. The molecule has 1 heterocycles. The Morgan fingerprint density at radius 2 is 1.90 bits per heavy atom. The summed E-state index contributed by atoms with van der Waals surface area (Å²) in [5.74, 6) is -0.549. The molecule has 1 saturated heterocycles. The van der Waals surface area contributed by atoms with Crippen LogP contribution in [0.2, 0.25) is 10.0 Å². The average Bonchev–Trinajstić information content (AvgIpc) is 3.14. The fourth-order valence-corrected chi connectivity index (χ4v) is 4.60. The summed E-state index contributed by atoms with van der Waals surface area (Å²) in [4.78, 5) is 12.1. The molecule has 0 aromatic heterocycles. The number of rotatable bonds is 4. The molecule has 21 heavy (non-hydrogen) atoms. The molecule has 1 saturated carbocycles. The van der Waals surface area contributed by atoms with Gasteiger partial charge in [0.15, 0.2) is 0 Å². The van der Waals surface area contributed by atoms with Gasteiger partial charge in [0.2, 0.25) is 15.9 Å². The van der Waals surface area contributed by atoms with Crippen molar-refractivity contribution in [2.75, 3.05) is 18.4 Å². The number of benzene rings is 1. The molecule has 8 heteroatoms. The van der Waals surface area contributed by atoms with Crippen molar-refractivity contribution in [1.82, 2.24) is 4.31 Å². The molecule has 2 aliphatic rings. The van der Waals surface area contributed by atoms with Gasteiger partial charge in [0.1, 0.15) is 0 Å². The molecule has 0 atom stereocenters. The molecule has 0 unspecified atom stereocenters. The van der Waals surface area contributed by atoms with Crippen molar-refractivity contribution >= 4 is 44.8 Å². The molecule has 3 rings (SSSR count). The summed E-state index contributed by atoms with van der Waals surface area (Å²) in [6.45, 7) is 0.492. The van der Waals surface area contributed by atoms with Gasteiger partial charge in [-0.15, -0.1) is 0 Å². The highest BCUT2D eigenvalue weighted by Crippen LogP contribution is 2.35. The van der Waals surface area contributed by atoms with Gasteiger partial charge in [0, 0.05) is 18.1 Å². The second kappa shape index (κ2) is 5.43. The van der Waals surface area contributed by atoms with E-state index >= 15 is 0 Å². The first kappa shape index (κ1) is 15.1. The Labute approximate surface area is 133 Å². The van der Waals surface area contributed by atoms with E-state index in [1.54, 1.807) is 18.2 Å². The van der Waals surface area contributed by atoms with Crippen molar-refractivity contribution in [2.24, 2.45) is 5.92 Å². The SMILES string of the molecule is O=C(Nc1ccc(Cl)cc1Cl)C1CN(S(=O)(=O)C2CC2)C1. The molecule has 1 amide bonds. The Kier molecular flexibility index (Phi) is 3.90. The van der Waals surface area contributed by atoms with Crippen LogP contribution in [0.5, 0.6) is 0 Å². The zero-order valence-electron chi connectivity index (χ0n) is 11.1. The summed E-state index contributed by atoms with van der Waals surface area (Å²) in [6.07, 6.45) is 1.46. The van der Waals surface area contributed by atoms with Gasteiger partial charge < -0.3 is 5.32 Å². The van der Waals surface area contributed by atoms with E-state index < -0.39 is 10.0 Å². The fraction of sp³-hybridized carbons (Fsp3) is 0.462. The van der Waals surface area contributed by atoms with Crippen LogP contribution in [0.15, 0.2) is 18.2 Å². The molecule has 0 spiro atoms. The lowest BCUT2D eigenvalue weighted by molar-refractivity contribution is -0.122. The summed E-state index contributed by atoms with van der Waals surface area (Å²) in [5, 5.41) is 3.32. The van der Waals surface area contributed by atoms with Gasteiger partial charge in [-0.25, -0.2) is 8.42 Å². The van der Waals surface area contributed by atoms with E-state index in [0.29, 0.717) is 15.7 Å². The maximum absolute atomic E-state index is 12.1. The summed E-state index contributed by atoms with van der Waals surface area (Å²) in [6, 6.07) is 4.80. The van der Waals surface area contributed by atoms with Gasteiger partial charge in [-0.1, -0.05) is 23.2 Å². The molecular formula is C13H14Cl2N2O3S. The summed E-state index contributed by atoms with van der Waals surface area (Å²) < 4.78 is 25.3. The maximum Gasteiger partial charge on any atom is 0.230 e. The predicted octanol–water partition coefficient (Wildman–Crippen LogP) is 2.36. The minimum Gasteiger partial charge on any atom is -0.324 e. The van der Waals surface area contributed by atoms with Crippen LogP contribution in [-0.2, 0) is 14.8 Å². The van der Waals surface area contributed by atoms with E-state index in [-0.39, 0.29) is 30.2 Å². The smallest absolute Gasteiger partial charge is 0.230 e. The summed E-state index contributed by atoms with van der Waals surface area (Å²) in [7, 11) is -3.17. The van der Waals surface area contributed by atoms with Crippen molar-refractivity contribution in [1.29, 1.82) is 0 Å². The summed E-state index contributed by atoms with van der Waals surface area (Å²) in [5.41, 5.74) is 0.481. The van der Waals surface area contributed by atoms with Crippen molar-refractivity contribution in [2.45, 2.75) is 18.1 Å². The van der Waals surface area contributed by atoms with Gasteiger partial charge in [-0.2, -0.15) is 4.31 Å². The first-order valence-electron chi connectivity index (χ1n) is 6.63. The number of halogens is 2. The van der Waals surface area contributed by atoms with E-state index in [2.05, 4.69) is 5.32 Å². The normalized spacial score (nSPS) is 20.1. The Bertz CT molecular complexity index is 683. The lowest BCUT2D eigenvalue weighted by Crippen LogP contribution is -2.55. The second-order valence-corrected chi connectivity index (χ2v) is 8.43. The Morgan fingerprint density at radius 1 is 1.24 bits per heavy atom. The molecular weight excluding hydrogens is 335 g/mol. The number of carbonyl (C=O) groups is 1. The van der Waals surface area contributed by atoms with Crippen LogP contribution < -0.4 is 5.32 Å². The average molecular weight is 349 g/mol. The first-order valence-corrected chi connectivity index (χ1v) is 8.89. The van der Waals surface area contributed by atoms with E-state index in [0.717, 1.165) is 12.8 Å². The maximum atomic E-state index is 12.1. The zero-order chi connectivity index (χ0) is 15.2. The predicted molar refractivity (Wildman–Crippen MR) is 82.1 cm³/mol. The second-order valence-electron chi connectivity index (χ2n) is 5.37. The Morgan fingerprint density at radius 3 is 2.48 bits per heavy atom. The van der Waals surface area contributed by atoms with Crippen LogP contribution in [0.3, 0.4) is 0 Å². The Balaban J connectivity index is 1.58. The van der Waals surface area contributed by atoms with Crippen molar-refractivity contribution < 1.29 is 13.2 Å². The monoisotopic (exact) mass is 348 g/mol. The van der Waals surface area contributed by atoms with Gasteiger partial charge in [-0.3, -0.25) is 4.79 Å². The minimum absolute atomic E-state index is 0.221. The third-order valence-corrected chi connectivity index (χ3v) is 6.59. The zero-order valence-corrected chi connectivity index (χ0v) is 13.4. The van der Waals surface area contributed by atoms with Crippen LogP contribution in [0.25, 0.3) is 0 Å². The van der Waals surface area contributed by atoms with Gasteiger partial charge in [0.05, 0.1) is 21.9 Å². The largest absolute Gasteiger partial charge is 0.324 e. The van der Waals surface area contributed by atoms with Crippen LogP contribution in [0.1, 0.15) is 12.8 Å². The number of hydrogen-bond acceptors (Lipinski definition) is 3. The number of anilines is 1. The van der Waals surface area contributed by atoms with Crippen molar-refractivity contribution in [3.05, 3.63) is 28.2 Å². The molecule has 1 N–H and O–H groups in total. The molecule has 1 aliphatic heterocycles. The number of nitrogens with one attached hydrogen (secondary N) is 1. The van der Waals surface area contributed by atoms with Gasteiger partial charge in [0.25, 0.3) is 0 Å². The van der Waals surface area contributed by atoms with Gasteiger partial charge in [-0.05, 0) is 31.0 Å². The first-order chi connectivity index (χ1) is 9.88. The lowest BCUT2D eigenvalue weighted by Gasteiger charge is -2.37. The van der Waals surface area contributed by atoms with Crippen LogP contribution in [-0.4, -0.2) is 37.0 Å². The molecule has 1 aromatic carbocycles. The molecule has 0 radical (unpaired) electrons. The third-order valence-electron chi connectivity index (χ3n) is 3.71. The van der Waals surface area contributed by atoms with E-state index in [9.17, 15) is 13.2 Å². The van der Waals surface area contributed by atoms with E-state index in [1.165, 1.54) is 4.31 Å². The Hall–Kier alpha value is -0.820. The van der Waals surface area contributed by atoms with Gasteiger partial charge >= 0.3 is 0 Å². The molecule has 2 fully saturated rings. The van der Waals surface area contributed by atoms with Crippen LogP contribution in [0.4, 0.5) is 5.69 Å². The standard InChI is InChI=1S/C13H14Cl2N2O3S/c14-9-1-4-12(11(15)5-9)16-13(18)8-6-17(7-8)21(19,20)10-2-3-10/h1,4-5,8,10H,2-3,6-7H2,(H,16,18). The van der Waals surface area contributed by atoms with Crippen LogP contribution >= 0.6 is 23.2 Å². The topological polar surface area (TPSA) is 66.5 Å².